The fourth-order valence-corrected chi connectivity index (χ4v) is 6.73. The van der Waals surface area contributed by atoms with Gasteiger partial charge in [-0.25, -0.2) is 0 Å². The van der Waals surface area contributed by atoms with Gasteiger partial charge in [-0.15, -0.1) is 15.3 Å². The van der Waals surface area contributed by atoms with E-state index in [1.807, 2.05) is 0 Å². The summed E-state index contributed by atoms with van der Waals surface area (Å²) in [6, 6.07) is 22.8. The highest BCUT2D eigenvalue weighted by Crippen LogP contribution is 2.39. The number of rotatable bonds is 7. The molecule has 6 aromatic carbocycles. The van der Waals surface area contributed by atoms with Crippen molar-refractivity contribution in [3.8, 4) is 0 Å². The Morgan fingerprint density at radius 1 is 0.489 bits per heavy atom. The largest absolute Gasteiger partial charge is 0.398 e. The van der Waals surface area contributed by atoms with Crippen LogP contribution < -0.4 is 5.73 Å². The summed E-state index contributed by atoms with van der Waals surface area (Å²) >= 11 is 0. The Kier molecular flexibility index (Phi) is 7.83. The van der Waals surface area contributed by atoms with Gasteiger partial charge >= 0.3 is 0 Å². The number of nitrogens with zero attached hydrogens (tertiary/aromatic N) is 4. The van der Waals surface area contributed by atoms with E-state index in [0.29, 0.717) is 27.2 Å². The Morgan fingerprint density at radius 2 is 1.04 bits per heavy atom. The van der Waals surface area contributed by atoms with E-state index in [4.69, 9.17) is 5.73 Å². The first-order valence-electron chi connectivity index (χ1n) is 13.3. The number of azo groups is 2. The summed E-state index contributed by atoms with van der Waals surface area (Å²) in [6.07, 6.45) is 0. The molecule has 0 amide bonds. The van der Waals surface area contributed by atoms with Gasteiger partial charge < -0.3 is 5.73 Å². The Morgan fingerprint density at radius 3 is 1.72 bits per heavy atom. The van der Waals surface area contributed by atoms with Crippen LogP contribution in [0.15, 0.2) is 132 Å². The molecule has 0 saturated carbocycles. The molecule has 0 aliphatic carbocycles. The quantitative estimate of drug-likeness (QED) is 0.0739. The van der Waals surface area contributed by atoms with Crippen LogP contribution in [0.1, 0.15) is 0 Å². The topological polar surface area (TPSA) is 239 Å². The summed E-state index contributed by atoms with van der Waals surface area (Å²) in [7, 11) is -13.6. The van der Waals surface area contributed by atoms with Gasteiger partial charge in [-0.3, -0.25) is 13.7 Å². The maximum atomic E-state index is 12.0. The molecule has 0 aromatic heterocycles. The van der Waals surface area contributed by atoms with Crippen molar-refractivity contribution in [2.24, 2.45) is 20.5 Å². The normalized spacial score (nSPS) is 13.0. The standard InChI is InChI=1S/C30H21N5O9S3/c31-25-10-11-27(23-2-1-3-29(30(23)25)47(42,43)44)35-34-26-12-13-28(24-16-21(46(39,40)41)8-9-22(24)26)33-32-19-6-4-18-15-20(45(36,37)38)7-5-17(18)14-19/h1-16H,31H2,(H,36,37,38)(H,39,40,41)(H,42,43,44). The van der Waals surface area contributed by atoms with Crippen LogP contribution in [0, 0.1) is 0 Å². The Hall–Kier alpha value is -5.17. The fourth-order valence-electron chi connectivity index (χ4n) is 4.97. The number of fused-ring (bicyclic) bond motifs is 3. The summed E-state index contributed by atoms with van der Waals surface area (Å²) in [5.74, 6) is 0. The minimum absolute atomic E-state index is 0.0671. The van der Waals surface area contributed by atoms with Crippen molar-refractivity contribution in [3.63, 3.8) is 0 Å². The SMILES string of the molecule is Nc1ccc(N=Nc2ccc(N=Nc3ccc4cc(S(=O)(=O)O)ccc4c3)c3cc(S(=O)(=O)O)ccc23)c2cccc(S(=O)(=O)O)c12. The molecule has 238 valence electrons. The third-order valence-electron chi connectivity index (χ3n) is 7.16. The van der Waals surface area contributed by atoms with Crippen LogP contribution in [0.2, 0.25) is 0 Å². The average molecular weight is 692 g/mol. The Labute approximate surface area is 267 Å². The number of nitrogens with two attached hydrogens (primary N) is 1. The molecule has 0 aliphatic rings. The lowest BCUT2D eigenvalue weighted by atomic mass is 10.1. The van der Waals surface area contributed by atoms with Crippen molar-refractivity contribution in [3.05, 3.63) is 97.1 Å². The minimum Gasteiger partial charge on any atom is -0.398 e. The summed E-state index contributed by atoms with van der Waals surface area (Å²) in [4.78, 5) is -1.06. The van der Waals surface area contributed by atoms with Crippen LogP contribution in [0.5, 0.6) is 0 Å². The molecule has 47 heavy (non-hydrogen) atoms. The van der Waals surface area contributed by atoms with Gasteiger partial charge in [0.1, 0.15) is 4.90 Å². The molecule has 0 unspecified atom stereocenters. The summed E-state index contributed by atoms with van der Waals surface area (Å²) in [5.41, 5.74) is 7.19. The van der Waals surface area contributed by atoms with Crippen molar-refractivity contribution in [2.75, 3.05) is 5.73 Å². The number of hydrogen-bond donors (Lipinski definition) is 4. The van der Waals surface area contributed by atoms with Gasteiger partial charge in [-0.05, 0) is 77.5 Å². The van der Waals surface area contributed by atoms with Gasteiger partial charge in [0.15, 0.2) is 0 Å². The maximum Gasteiger partial charge on any atom is 0.295 e. The first-order chi connectivity index (χ1) is 22.1. The van der Waals surface area contributed by atoms with Crippen LogP contribution >= 0.6 is 0 Å². The van der Waals surface area contributed by atoms with Crippen LogP contribution in [0.4, 0.5) is 28.4 Å². The highest BCUT2D eigenvalue weighted by Gasteiger charge is 2.18. The zero-order valence-corrected chi connectivity index (χ0v) is 26.1. The molecule has 0 aliphatic heterocycles. The first-order valence-corrected chi connectivity index (χ1v) is 17.6. The van der Waals surface area contributed by atoms with Crippen LogP contribution in [0.25, 0.3) is 32.3 Å². The molecule has 0 bridgehead atoms. The van der Waals surface area contributed by atoms with Crippen molar-refractivity contribution in [1.29, 1.82) is 0 Å². The molecule has 0 atom stereocenters. The lowest BCUT2D eigenvalue weighted by molar-refractivity contribution is 0.481. The molecule has 14 nitrogen and oxygen atoms in total. The average Bonchev–Trinajstić information content (AvgIpc) is 3.01. The second-order valence-electron chi connectivity index (χ2n) is 10.2. The van der Waals surface area contributed by atoms with E-state index < -0.39 is 40.1 Å². The highest BCUT2D eigenvalue weighted by molar-refractivity contribution is 7.86. The van der Waals surface area contributed by atoms with Gasteiger partial charge in [-0.1, -0.05) is 30.3 Å². The molecule has 0 fully saturated rings. The van der Waals surface area contributed by atoms with Gasteiger partial charge in [0.25, 0.3) is 30.4 Å². The summed E-state index contributed by atoms with van der Waals surface area (Å²) in [5, 5.41) is 19.3. The van der Waals surface area contributed by atoms with Crippen molar-refractivity contribution >= 4 is 91.1 Å². The third kappa shape index (κ3) is 6.43. The second kappa shape index (κ2) is 11.6. The molecule has 0 radical (unpaired) electrons. The first kappa shape index (κ1) is 31.8. The van der Waals surface area contributed by atoms with Crippen LogP contribution in [-0.4, -0.2) is 38.9 Å². The molecule has 6 aromatic rings. The number of anilines is 1. The lowest BCUT2D eigenvalue weighted by Crippen LogP contribution is -2.01. The number of benzene rings is 6. The highest BCUT2D eigenvalue weighted by atomic mass is 32.2. The zero-order valence-electron chi connectivity index (χ0n) is 23.6. The van der Waals surface area contributed by atoms with Crippen molar-refractivity contribution < 1.29 is 38.9 Å². The van der Waals surface area contributed by atoms with E-state index in [9.17, 15) is 38.9 Å². The van der Waals surface area contributed by atoms with Crippen molar-refractivity contribution in [2.45, 2.75) is 14.7 Å². The van der Waals surface area contributed by atoms with Crippen LogP contribution in [0.3, 0.4) is 0 Å². The van der Waals surface area contributed by atoms with Gasteiger partial charge in [0, 0.05) is 27.2 Å². The molecule has 6 rings (SSSR count). The Bertz CT molecular complexity index is 2680. The van der Waals surface area contributed by atoms with E-state index in [0.717, 1.165) is 0 Å². The maximum absolute atomic E-state index is 12.0. The predicted octanol–water partition coefficient (Wildman–Crippen LogP) is 7.30. The van der Waals surface area contributed by atoms with E-state index >= 15 is 0 Å². The molecule has 0 saturated heterocycles. The van der Waals surface area contributed by atoms with Gasteiger partial charge in [0.05, 0.1) is 32.5 Å². The van der Waals surface area contributed by atoms with Gasteiger partial charge in [-0.2, -0.15) is 30.4 Å². The lowest BCUT2D eigenvalue weighted by Gasteiger charge is -2.09. The molecule has 0 spiro atoms. The minimum atomic E-state index is -4.60. The fraction of sp³-hybridized carbons (Fsp3) is 0. The van der Waals surface area contributed by atoms with E-state index in [1.54, 1.807) is 30.3 Å². The summed E-state index contributed by atoms with van der Waals surface area (Å²) in [6.45, 7) is 0. The molecule has 5 N–H and O–H groups in total. The number of nitrogen functional groups attached to an aromatic ring is 1. The molecular formula is C30H21N5O9S3. The van der Waals surface area contributed by atoms with E-state index in [-0.39, 0.29) is 38.4 Å². The van der Waals surface area contributed by atoms with Gasteiger partial charge in [0.2, 0.25) is 0 Å². The zero-order chi connectivity index (χ0) is 33.7. The monoisotopic (exact) mass is 691 g/mol. The van der Waals surface area contributed by atoms with E-state index in [2.05, 4.69) is 20.5 Å². The van der Waals surface area contributed by atoms with Crippen LogP contribution in [-0.2, 0) is 30.4 Å². The Balaban J connectivity index is 1.43. The molecular weight excluding hydrogens is 671 g/mol. The second-order valence-corrected chi connectivity index (χ2v) is 14.4. The summed E-state index contributed by atoms with van der Waals surface area (Å²) < 4.78 is 99.4. The van der Waals surface area contributed by atoms with Crippen molar-refractivity contribution in [1.82, 2.24) is 0 Å². The predicted molar refractivity (Wildman–Crippen MR) is 174 cm³/mol. The molecule has 17 heteroatoms. The smallest absolute Gasteiger partial charge is 0.295 e. The van der Waals surface area contributed by atoms with E-state index in [1.165, 1.54) is 66.7 Å². The number of hydrogen-bond acceptors (Lipinski definition) is 11. The third-order valence-corrected chi connectivity index (χ3v) is 9.76. The molecule has 0 heterocycles.